The van der Waals surface area contributed by atoms with E-state index in [1.165, 1.54) is 42.3 Å². The summed E-state index contributed by atoms with van der Waals surface area (Å²) >= 11 is 0. The van der Waals surface area contributed by atoms with E-state index in [1.54, 1.807) is 0 Å². The molecule has 0 aromatic heterocycles. The molecule has 0 aliphatic heterocycles. The molecule has 0 saturated carbocycles. The molecule has 0 bridgehead atoms. The maximum Gasteiger partial charge on any atom is 0.400 e. The molecule has 8 nitrogen and oxygen atoms in total. The first-order valence-electron chi connectivity index (χ1n) is 5.40. The molecule has 0 fully saturated rings. The fourth-order valence-corrected chi connectivity index (χ4v) is 1.58. The van der Waals surface area contributed by atoms with Gasteiger partial charge in [0.2, 0.25) is 0 Å². The van der Waals surface area contributed by atoms with E-state index in [4.69, 9.17) is 18.9 Å². The molecule has 0 spiro atoms. The second-order valence-electron chi connectivity index (χ2n) is 4.02. The van der Waals surface area contributed by atoms with Crippen LogP contribution in [0.1, 0.15) is 13.8 Å². The molecule has 0 saturated heterocycles. The summed E-state index contributed by atoms with van der Waals surface area (Å²) in [6.07, 6.45) is 0. The van der Waals surface area contributed by atoms with Gasteiger partial charge in [0, 0.05) is 28.4 Å². The highest BCUT2D eigenvalue weighted by molar-refractivity contribution is 7.81. The highest BCUT2D eigenvalue weighted by atomic mass is 32.3. The van der Waals surface area contributed by atoms with E-state index in [0.29, 0.717) is 0 Å². The molecule has 0 aliphatic rings. The van der Waals surface area contributed by atoms with Crippen LogP contribution in [-0.4, -0.2) is 61.6 Å². The van der Waals surface area contributed by atoms with Gasteiger partial charge in [-0.25, -0.2) is 8.37 Å². The predicted octanol–water partition coefficient (Wildman–Crippen LogP) is 0.282. The molecule has 0 amide bonds. The SMILES string of the molecule is COC(C)(COS(=O)(=O)OCC(C)(OC)OC)OC. The van der Waals surface area contributed by atoms with Crippen molar-refractivity contribution in [2.24, 2.45) is 0 Å². The molecule has 0 atom stereocenters. The highest BCUT2D eigenvalue weighted by Crippen LogP contribution is 2.15. The zero-order chi connectivity index (χ0) is 15.2. The van der Waals surface area contributed by atoms with Crippen molar-refractivity contribution < 1.29 is 35.7 Å². The van der Waals surface area contributed by atoms with Crippen LogP contribution in [0.15, 0.2) is 0 Å². The second kappa shape index (κ2) is 7.48. The van der Waals surface area contributed by atoms with Crippen molar-refractivity contribution in [2.75, 3.05) is 41.7 Å². The third kappa shape index (κ3) is 6.61. The lowest BCUT2D eigenvalue weighted by Gasteiger charge is -2.27. The van der Waals surface area contributed by atoms with Gasteiger partial charge in [-0.1, -0.05) is 0 Å². The molecule has 0 rings (SSSR count). The van der Waals surface area contributed by atoms with Gasteiger partial charge in [0.05, 0.1) is 0 Å². The van der Waals surface area contributed by atoms with E-state index in [1.807, 2.05) is 0 Å². The van der Waals surface area contributed by atoms with E-state index < -0.39 is 22.0 Å². The summed E-state index contributed by atoms with van der Waals surface area (Å²) in [6, 6.07) is 0. The Morgan fingerprint density at radius 2 is 1.00 bits per heavy atom. The first kappa shape index (κ1) is 18.7. The van der Waals surface area contributed by atoms with Crippen molar-refractivity contribution in [3.63, 3.8) is 0 Å². The van der Waals surface area contributed by atoms with Gasteiger partial charge in [-0.05, 0) is 13.8 Å². The van der Waals surface area contributed by atoms with E-state index in [0.717, 1.165) is 0 Å². The van der Waals surface area contributed by atoms with Crippen LogP contribution in [0.3, 0.4) is 0 Å². The van der Waals surface area contributed by atoms with E-state index in [9.17, 15) is 8.42 Å². The highest BCUT2D eigenvalue weighted by Gasteiger charge is 2.30. The van der Waals surface area contributed by atoms with Gasteiger partial charge in [0.25, 0.3) is 0 Å². The number of hydrogen-bond acceptors (Lipinski definition) is 8. The van der Waals surface area contributed by atoms with Crippen molar-refractivity contribution in [2.45, 2.75) is 25.4 Å². The zero-order valence-corrected chi connectivity index (χ0v) is 12.9. The van der Waals surface area contributed by atoms with Crippen LogP contribution in [0.2, 0.25) is 0 Å². The Labute approximate surface area is 114 Å². The van der Waals surface area contributed by atoms with E-state index in [2.05, 4.69) is 8.37 Å². The van der Waals surface area contributed by atoms with Crippen molar-refractivity contribution in [3.05, 3.63) is 0 Å². The minimum Gasteiger partial charge on any atom is -0.351 e. The number of methoxy groups -OCH3 is 4. The summed E-state index contributed by atoms with van der Waals surface area (Å²) in [5.41, 5.74) is 0. The van der Waals surface area contributed by atoms with Gasteiger partial charge in [-0.3, -0.25) is 0 Å². The molecule has 0 aromatic rings. The third-order valence-corrected chi connectivity index (χ3v) is 3.47. The lowest BCUT2D eigenvalue weighted by Crippen LogP contribution is -2.39. The first-order chi connectivity index (χ1) is 8.66. The minimum absolute atomic E-state index is 0.348. The van der Waals surface area contributed by atoms with Crippen molar-refractivity contribution >= 4 is 10.4 Å². The Balaban J connectivity index is 4.42. The lowest BCUT2D eigenvalue weighted by atomic mass is 10.3. The summed E-state index contributed by atoms with van der Waals surface area (Å²) < 4.78 is 52.2. The fourth-order valence-electron chi connectivity index (χ4n) is 0.795. The van der Waals surface area contributed by atoms with Gasteiger partial charge in [0.1, 0.15) is 13.2 Å². The molecule has 0 unspecified atom stereocenters. The van der Waals surface area contributed by atoms with Gasteiger partial charge in [-0.2, -0.15) is 8.42 Å². The Morgan fingerprint density at radius 1 is 0.737 bits per heavy atom. The van der Waals surface area contributed by atoms with Gasteiger partial charge >= 0.3 is 10.4 Å². The fraction of sp³-hybridized carbons (Fsp3) is 1.00. The van der Waals surface area contributed by atoms with Crippen LogP contribution in [0, 0.1) is 0 Å². The molecular weight excluding hydrogens is 280 g/mol. The van der Waals surface area contributed by atoms with Crippen LogP contribution in [0.4, 0.5) is 0 Å². The van der Waals surface area contributed by atoms with Crippen molar-refractivity contribution in [1.29, 1.82) is 0 Å². The van der Waals surface area contributed by atoms with Crippen LogP contribution < -0.4 is 0 Å². The quantitative estimate of drug-likeness (QED) is 0.532. The molecule has 0 N–H and O–H groups in total. The Kier molecular flexibility index (Phi) is 7.37. The summed E-state index contributed by atoms with van der Waals surface area (Å²) in [7, 11) is 1.26. The van der Waals surface area contributed by atoms with Gasteiger partial charge in [0.15, 0.2) is 11.6 Å². The minimum atomic E-state index is -4.21. The van der Waals surface area contributed by atoms with Crippen molar-refractivity contribution in [1.82, 2.24) is 0 Å². The van der Waals surface area contributed by atoms with Crippen molar-refractivity contribution in [3.8, 4) is 0 Å². The van der Waals surface area contributed by atoms with Gasteiger partial charge in [-0.15, -0.1) is 0 Å². The van der Waals surface area contributed by atoms with Crippen LogP contribution >= 0.6 is 0 Å². The molecule has 0 heterocycles. The number of ether oxygens (including phenoxy) is 4. The number of rotatable bonds is 10. The maximum atomic E-state index is 11.5. The van der Waals surface area contributed by atoms with Crippen LogP contribution in [-0.2, 0) is 37.7 Å². The average molecular weight is 302 g/mol. The summed E-state index contributed by atoms with van der Waals surface area (Å²) in [4.78, 5) is 0. The van der Waals surface area contributed by atoms with Crippen LogP contribution in [0.5, 0.6) is 0 Å². The predicted molar refractivity (Wildman–Crippen MR) is 65.7 cm³/mol. The normalized spacial score (nSPS) is 13.8. The molecule has 0 aromatic carbocycles. The van der Waals surface area contributed by atoms with E-state index in [-0.39, 0.29) is 13.2 Å². The third-order valence-electron chi connectivity index (χ3n) is 2.66. The second-order valence-corrected chi connectivity index (χ2v) is 5.30. The molecule has 19 heavy (non-hydrogen) atoms. The molecule has 0 aliphatic carbocycles. The Hall–Kier alpha value is -0.290. The topological polar surface area (TPSA) is 89.5 Å². The Bertz CT molecular complexity index is 317. The summed E-state index contributed by atoms with van der Waals surface area (Å²) in [6.45, 7) is 2.35. The molecule has 116 valence electrons. The first-order valence-corrected chi connectivity index (χ1v) is 6.73. The zero-order valence-electron chi connectivity index (χ0n) is 12.1. The average Bonchev–Trinajstić information content (AvgIpc) is 2.42. The molecular formula is C10H22O8S. The standard InChI is InChI=1S/C10H22O8S/c1-9(13-3,14-4)7-17-19(11,12)18-8-10(2,15-5)16-6/h7-8H2,1-6H3. The van der Waals surface area contributed by atoms with Gasteiger partial charge < -0.3 is 18.9 Å². The molecule has 9 heteroatoms. The number of hydrogen-bond donors (Lipinski definition) is 0. The summed E-state index contributed by atoms with van der Waals surface area (Å²) in [5, 5.41) is 0. The monoisotopic (exact) mass is 302 g/mol. The lowest BCUT2D eigenvalue weighted by molar-refractivity contribution is -0.216. The van der Waals surface area contributed by atoms with E-state index >= 15 is 0 Å². The largest absolute Gasteiger partial charge is 0.400 e. The smallest absolute Gasteiger partial charge is 0.351 e. The Morgan fingerprint density at radius 3 is 1.21 bits per heavy atom. The maximum absolute atomic E-state index is 11.5. The summed E-state index contributed by atoms with van der Waals surface area (Å²) in [5.74, 6) is -2.36. The van der Waals surface area contributed by atoms with Crippen LogP contribution in [0.25, 0.3) is 0 Å². The molecule has 0 radical (unpaired) electrons.